The minimum Gasteiger partial charge on any atom is -0.465 e. The largest absolute Gasteiger partial charge is 0.465 e. The SMILES string of the molecule is COC(=O)C1=CC=C(Nc2nc(N3CCN(C)CC3)nc3ccccc23)CC=C1. The van der Waals surface area contributed by atoms with Gasteiger partial charge in [-0.2, -0.15) is 4.98 Å². The second kappa shape index (κ2) is 8.45. The molecule has 2 aliphatic rings. The summed E-state index contributed by atoms with van der Waals surface area (Å²) in [5, 5.41) is 4.42. The molecule has 2 aromatic rings. The molecule has 0 atom stereocenters. The summed E-state index contributed by atoms with van der Waals surface area (Å²) >= 11 is 0. The van der Waals surface area contributed by atoms with Crippen molar-refractivity contribution in [1.29, 1.82) is 0 Å². The number of anilines is 2. The normalized spacial score (nSPS) is 17.5. The molecule has 0 unspecified atom stereocenters. The third kappa shape index (κ3) is 4.30. The minimum atomic E-state index is -0.344. The van der Waals surface area contributed by atoms with Gasteiger partial charge in [0.2, 0.25) is 5.95 Å². The molecule has 1 saturated heterocycles. The van der Waals surface area contributed by atoms with E-state index in [1.165, 1.54) is 7.11 Å². The van der Waals surface area contributed by atoms with Crippen LogP contribution in [0.3, 0.4) is 0 Å². The van der Waals surface area contributed by atoms with Gasteiger partial charge in [0.05, 0.1) is 18.2 Å². The van der Waals surface area contributed by atoms with Crippen molar-refractivity contribution in [3.63, 3.8) is 0 Å². The van der Waals surface area contributed by atoms with E-state index in [1.807, 2.05) is 36.4 Å². The van der Waals surface area contributed by atoms with Crippen LogP contribution in [0.25, 0.3) is 10.9 Å². The van der Waals surface area contributed by atoms with Crippen LogP contribution in [0, 0.1) is 0 Å². The quantitative estimate of drug-likeness (QED) is 0.804. The van der Waals surface area contributed by atoms with Crippen LogP contribution in [0.15, 0.2) is 59.8 Å². The van der Waals surface area contributed by atoms with Crippen molar-refractivity contribution in [3.8, 4) is 0 Å². The Morgan fingerprint density at radius 1 is 1.10 bits per heavy atom. The lowest BCUT2D eigenvalue weighted by Crippen LogP contribution is -2.45. The highest BCUT2D eigenvalue weighted by atomic mass is 16.5. The Hall–Kier alpha value is -3.19. The van der Waals surface area contributed by atoms with Crippen LogP contribution < -0.4 is 10.2 Å². The van der Waals surface area contributed by atoms with Crippen molar-refractivity contribution >= 4 is 28.6 Å². The number of benzene rings is 1. The van der Waals surface area contributed by atoms with Gasteiger partial charge in [0.1, 0.15) is 5.82 Å². The van der Waals surface area contributed by atoms with Crippen LogP contribution in [0.5, 0.6) is 0 Å². The van der Waals surface area contributed by atoms with Gasteiger partial charge in [-0.05, 0) is 31.3 Å². The van der Waals surface area contributed by atoms with Gasteiger partial charge in [0, 0.05) is 43.7 Å². The summed E-state index contributed by atoms with van der Waals surface area (Å²) in [6.45, 7) is 3.81. The zero-order chi connectivity index (χ0) is 20.2. The molecule has 1 fully saturated rings. The molecule has 1 aromatic carbocycles. The number of nitrogens with zero attached hydrogens (tertiary/aromatic N) is 4. The van der Waals surface area contributed by atoms with E-state index in [4.69, 9.17) is 14.7 Å². The highest BCUT2D eigenvalue weighted by Gasteiger charge is 2.19. The Morgan fingerprint density at radius 3 is 2.69 bits per heavy atom. The Balaban J connectivity index is 1.66. The summed E-state index contributed by atoms with van der Waals surface area (Å²) in [6.07, 6.45) is 8.06. The van der Waals surface area contributed by atoms with E-state index in [0.29, 0.717) is 12.0 Å². The molecule has 4 rings (SSSR count). The number of fused-ring (bicyclic) bond motifs is 1. The zero-order valence-corrected chi connectivity index (χ0v) is 16.8. The third-order valence-corrected chi connectivity index (χ3v) is 5.18. The highest BCUT2D eigenvalue weighted by molar-refractivity contribution is 5.92. The van der Waals surface area contributed by atoms with Gasteiger partial charge in [-0.1, -0.05) is 24.3 Å². The first-order valence-corrected chi connectivity index (χ1v) is 9.77. The molecule has 0 spiro atoms. The molecule has 2 heterocycles. The minimum absolute atomic E-state index is 0.344. The number of ether oxygens (including phenoxy) is 1. The number of hydrogen-bond donors (Lipinski definition) is 1. The average molecular weight is 391 g/mol. The molecule has 7 heteroatoms. The van der Waals surface area contributed by atoms with Crippen LogP contribution in [0.4, 0.5) is 11.8 Å². The number of para-hydroxylation sites is 1. The number of carbonyl (C=O) groups is 1. The number of aromatic nitrogens is 2. The van der Waals surface area contributed by atoms with Crippen LogP contribution in [0.1, 0.15) is 6.42 Å². The van der Waals surface area contributed by atoms with Crippen molar-refractivity contribution in [3.05, 3.63) is 59.8 Å². The fourth-order valence-corrected chi connectivity index (χ4v) is 3.43. The monoisotopic (exact) mass is 391 g/mol. The molecule has 1 aromatic heterocycles. The Morgan fingerprint density at radius 2 is 1.90 bits per heavy atom. The summed E-state index contributed by atoms with van der Waals surface area (Å²) in [4.78, 5) is 26.0. The van der Waals surface area contributed by atoms with Crippen LogP contribution in [-0.4, -0.2) is 61.2 Å². The number of piperazine rings is 1. The standard InChI is InChI=1S/C22H25N5O2/c1-26-12-14-27(15-13-26)22-24-19-9-4-3-8-18(19)20(25-22)23-17-7-5-6-16(10-11-17)21(28)29-2/h3-6,8-11H,7,12-15H2,1-2H3,(H,23,24,25). The summed E-state index contributed by atoms with van der Waals surface area (Å²) in [7, 11) is 3.52. The zero-order valence-electron chi connectivity index (χ0n) is 16.8. The number of rotatable bonds is 4. The lowest BCUT2D eigenvalue weighted by Gasteiger charge is -2.32. The van der Waals surface area contributed by atoms with Crippen molar-refractivity contribution in [1.82, 2.24) is 14.9 Å². The number of allylic oxidation sites excluding steroid dienone is 3. The molecule has 0 bridgehead atoms. The van der Waals surface area contributed by atoms with Crippen LogP contribution >= 0.6 is 0 Å². The number of hydrogen-bond acceptors (Lipinski definition) is 7. The summed E-state index contributed by atoms with van der Waals surface area (Å²) in [6, 6.07) is 8.02. The fourth-order valence-electron chi connectivity index (χ4n) is 3.43. The van der Waals surface area contributed by atoms with E-state index in [-0.39, 0.29) is 5.97 Å². The average Bonchev–Trinajstić information content (AvgIpc) is 2.99. The fraction of sp³-hybridized carbons (Fsp3) is 0.318. The number of carbonyl (C=O) groups excluding carboxylic acids is 1. The van der Waals surface area contributed by atoms with Crippen molar-refractivity contribution in [2.45, 2.75) is 6.42 Å². The van der Waals surface area contributed by atoms with Gasteiger partial charge in [-0.3, -0.25) is 0 Å². The maximum atomic E-state index is 11.8. The molecular weight excluding hydrogens is 366 g/mol. The van der Waals surface area contributed by atoms with Gasteiger partial charge < -0.3 is 19.9 Å². The number of likely N-dealkylation sites (N-methyl/N-ethyl adjacent to an activating group) is 1. The molecule has 1 aliphatic carbocycles. The molecule has 150 valence electrons. The molecule has 0 amide bonds. The number of esters is 1. The highest BCUT2D eigenvalue weighted by Crippen LogP contribution is 2.26. The maximum Gasteiger partial charge on any atom is 0.337 e. The first kappa shape index (κ1) is 19.1. The van der Waals surface area contributed by atoms with E-state index in [2.05, 4.69) is 22.2 Å². The van der Waals surface area contributed by atoms with E-state index in [0.717, 1.165) is 54.5 Å². The van der Waals surface area contributed by atoms with Crippen LogP contribution in [-0.2, 0) is 9.53 Å². The summed E-state index contributed by atoms with van der Waals surface area (Å²) < 4.78 is 4.81. The molecule has 1 aliphatic heterocycles. The lowest BCUT2D eigenvalue weighted by molar-refractivity contribution is -0.135. The number of methoxy groups -OCH3 is 1. The van der Waals surface area contributed by atoms with Gasteiger partial charge in [-0.15, -0.1) is 0 Å². The van der Waals surface area contributed by atoms with Crippen LogP contribution in [0.2, 0.25) is 0 Å². The van der Waals surface area contributed by atoms with Gasteiger partial charge in [0.15, 0.2) is 0 Å². The van der Waals surface area contributed by atoms with Gasteiger partial charge in [0.25, 0.3) is 0 Å². The predicted octanol–water partition coefficient (Wildman–Crippen LogP) is 2.74. The van der Waals surface area contributed by atoms with Crippen molar-refractivity contribution in [2.24, 2.45) is 0 Å². The Kier molecular flexibility index (Phi) is 5.57. The van der Waals surface area contributed by atoms with Gasteiger partial charge in [-0.25, -0.2) is 9.78 Å². The molecule has 1 N–H and O–H groups in total. The van der Waals surface area contributed by atoms with Gasteiger partial charge >= 0.3 is 5.97 Å². The first-order valence-electron chi connectivity index (χ1n) is 9.77. The summed E-state index contributed by atoms with van der Waals surface area (Å²) in [5.74, 6) is 1.18. The Labute approximate surface area is 170 Å². The van der Waals surface area contributed by atoms with E-state index >= 15 is 0 Å². The second-order valence-electron chi connectivity index (χ2n) is 7.22. The molecular formula is C22H25N5O2. The molecule has 7 nitrogen and oxygen atoms in total. The molecule has 29 heavy (non-hydrogen) atoms. The predicted molar refractivity (Wildman–Crippen MR) is 115 cm³/mol. The number of nitrogens with one attached hydrogen (secondary N) is 1. The van der Waals surface area contributed by atoms with E-state index < -0.39 is 0 Å². The summed E-state index contributed by atoms with van der Waals surface area (Å²) in [5.41, 5.74) is 2.39. The topological polar surface area (TPSA) is 70.6 Å². The third-order valence-electron chi connectivity index (χ3n) is 5.18. The lowest BCUT2D eigenvalue weighted by atomic mass is 10.2. The van der Waals surface area contributed by atoms with Crippen molar-refractivity contribution in [2.75, 3.05) is 50.6 Å². The van der Waals surface area contributed by atoms with E-state index in [9.17, 15) is 4.79 Å². The smallest absolute Gasteiger partial charge is 0.337 e. The maximum absolute atomic E-state index is 11.8. The molecule has 0 saturated carbocycles. The van der Waals surface area contributed by atoms with E-state index in [1.54, 1.807) is 12.2 Å². The first-order chi connectivity index (χ1) is 14.1. The van der Waals surface area contributed by atoms with Crippen molar-refractivity contribution < 1.29 is 9.53 Å². The second-order valence-corrected chi connectivity index (χ2v) is 7.22. The molecule has 0 radical (unpaired) electrons. The Bertz CT molecular complexity index is 1000.